The summed E-state index contributed by atoms with van der Waals surface area (Å²) in [7, 11) is 0. The lowest BCUT2D eigenvalue weighted by atomic mass is 9.93. The van der Waals surface area contributed by atoms with Crippen LogP contribution in [0.15, 0.2) is 42.9 Å². The van der Waals surface area contributed by atoms with E-state index in [1.54, 1.807) is 26.8 Å². The molecule has 1 aromatic carbocycles. The molecular weight excluding hydrogens is 544 g/mol. The van der Waals surface area contributed by atoms with E-state index in [1.165, 1.54) is 58.0 Å². The molecule has 0 radical (unpaired) electrons. The van der Waals surface area contributed by atoms with Crippen molar-refractivity contribution in [3.8, 4) is 22.5 Å². The monoisotopic (exact) mass is 572 g/mol. The van der Waals surface area contributed by atoms with E-state index in [9.17, 15) is 22.8 Å². The van der Waals surface area contributed by atoms with Gasteiger partial charge in [-0.25, -0.2) is 13.9 Å². The van der Waals surface area contributed by atoms with Crippen LogP contribution in [-0.4, -0.2) is 65.4 Å². The highest BCUT2D eigenvalue weighted by Crippen LogP contribution is 2.40. The average Bonchev–Trinajstić information content (AvgIpc) is 3.52. The number of benzene rings is 1. The van der Waals surface area contributed by atoms with Crippen molar-refractivity contribution >= 4 is 28.8 Å². The van der Waals surface area contributed by atoms with Crippen molar-refractivity contribution in [2.45, 2.75) is 58.4 Å². The maximum atomic E-state index is 15.3. The molecule has 4 heterocycles. The predicted octanol–water partition coefficient (Wildman–Crippen LogP) is 4.47. The summed E-state index contributed by atoms with van der Waals surface area (Å²) >= 11 is 0. The van der Waals surface area contributed by atoms with Crippen molar-refractivity contribution in [1.82, 2.24) is 29.3 Å². The Morgan fingerprint density at radius 1 is 1.15 bits per heavy atom. The van der Waals surface area contributed by atoms with Crippen molar-refractivity contribution in [3.05, 3.63) is 48.7 Å². The number of nitrogens with two attached hydrogens (primary N) is 1. The van der Waals surface area contributed by atoms with Crippen molar-refractivity contribution in [1.29, 1.82) is 0 Å². The van der Waals surface area contributed by atoms with Crippen LogP contribution in [0.1, 0.15) is 40.7 Å². The number of nitrogen functional groups attached to an aromatic ring is 1. The summed E-state index contributed by atoms with van der Waals surface area (Å²) < 4.78 is 58.4. The van der Waals surface area contributed by atoms with Crippen molar-refractivity contribution in [3.63, 3.8) is 0 Å². The lowest BCUT2D eigenvalue weighted by Crippen LogP contribution is -2.67. The molecule has 0 aliphatic carbocycles. The molecule has 4 aromatic rings. The summed E-state index contributed by atoms with van der Waals surface area (Å²) in [6.45, 7) is 7.50. The molecule has 1 aliphatic heterocycles. The zero-order chi connectivity index (χ0) is 30.0. The van der Waals surface area contributed by atoms with E-state index in [2.05, 4.69) is 15.2 Å². The summed E-state index contributed by atoms with van der Waals surface area (Å²) in [5.41, 5.74) is 6.40. The van der Waals surface area contributed by atoms with Crippen LogP contribution in [0, 0.1) is 5.82 Å². The van der Waals surface area contributed by atoms with Crippen molar-refractivity contribution < 1.29 is 27.2 Å². The quantitative estimate of drug-likeness (QED) is 0.361. The van der Waals surface area contributed by atoms with Gasteiger partial charge in [-0.15, -0.1) is 0 Å². The number of rotatable bonds is 4. The third kappa shape index (κ3) is 4.46. The molecule has 0 saturated carbocycles. The second kappa shape index (κ2) is 9.56. The van der Waals surface area contributed by atoms with E-state index in [-0.39, 0.29) is 35.2 Å². The lowest BCUT2D eigenvalue weighted by Gasteiger charge is -2.48. The third-order valence-electron chi connectivity index (χ3n) is 7.56. The summed E-state index contributed by atoms with van der Waals surface area (Å²) in [6.07, 6.45) is -2.10. The van der Waals surface area contributed by atoms with Crippen molar-refractivity contribution in [2.75, 3.05) is 17.2 Å². The first-order valence-corrected chi connectivity index (χ1v) is 12.8. The molecule has 1 saturated heterocycles. The number of halogens is 4. The van der Waals surface area contributed by atoms with Gasteiger partial charge >= 0.3 is 6.18 Å². The van der Waals surface area contributed by atoms with Crippen LogP contribution in [0.4, 0.5) is 29.1 Å². The normalized spacial score (nSPS) is 18.3. The molecule has 1 fully saturated rings. The van der Waals surface area contributed by atoms with Crippen molar-refractivity contribution in [2.24, 2.45) is 0 Å². The van der Waals surface area contributed by atoms with E-state index < -0.39 is 35.5 Å². The minimum Gasteiger partial charge on any atom is -0.382 e. The summed E-state index contributed by atoms with van der Waals surface area (Å²) in [6, 6.07) is 4.69. The molecule has 14 heteroatoms. The van der Waals surface area contributed by atoms with Gasteiger partial charge in [-0.05, 0) is 58.0 Å². The minimum absolute atomic E-state index is 0.00876. The highest BCUT2D eigenvalue weighted by atomic mass is 19.4. The van der Waals surface area contributed by atoms with Gasteiger partial charge in [0.05, 0.1) is 23.1 Å². The maximum absolute atomic E-state index is 15.3. The molecule has 0 spiro atoms. The van der Waals surface area contributed by atoms with Crippen LogP contribution in [0.3, 0.4) is 0 Å². The molecule has 10 nitrogen and oxygen atoms in total. The molecule has 0 bridgehead atoms. The Kier molecular flexibility index (Phi) is 6.54. The molecule has 1 aliphatic rings. The second-order valence-electron chi connectivity index (χ2n) is 10.6. The number of carbonyl (C=O) groups is 2. The predicted molar refractivity (Wildman–Crippen MR) is 143 cm³/mol. The number of nitrogens with zero attached hydrogens (tertiary/aromatic N) is 7. The number of piperazine rings is 1. The second-order valence-corrected chi connectivity index (χ2v) is 10.6. The van der Waals surface area contributed by atoms with Crippen LogP contribution >= 0.6 is 0 Å². The number of fused-ring (bicyclic) bond motifs is 1. The standard InChI is InChI=1S/C27H28F4N8O2/c1-14-12-36(16(3)40)26(4,5)25(41)37(14)22-10-17(6-7-19(22)28)21-11-18(23-24(32)33-13-35-39(21)23)20-8-9-34-38(20)15(2)27(29,30)31/h6-11,13-15H,12H2,1-5H3,(H2,32,33,35). The van der Waals surface area contributed by atoms with Gasteiger partial charge in [0.1, 0.15) is 29.2 Å². The SMILES string of the molecule is CC(=O)N1CC(C)N(c2cc(-c3cc(-c4ccnn4C(C)C(F)(F)F)c4c(N)ncnn34)ccc2F)C(=O)C1(C)C. The summed E-state index contributed by atoms with van der Waals surface area (Å²) in [5, 5.41) is 8.17. The topological polar surface area (TPSA) is 115 Å². The Morgan fingerprint density at radius 2 is 1.85 bits per heavy atom. The van der Waals surface area contributed by atoms with Gasteiger partial charge in [0.2, 0.25) is 5.91 Å². The molecule has 2 atom stereocenters. The largest absolute Gasteiger partial charge is 0.410 e. The summed E-state index contributed by atoms with van der Waals surface area (Å²) in [5.74, 6) is -1.37. The first-order chi connectivity index (χ1) is 19.1. The Hall–Kier alpha value is -4.49. The highest BCUT2D eigenvalue weighted by molar-refractivity contribution is 6.04. The smallest absolute Gasteiger partial charge is 0.382 e. The van der Waals surface area contributed by atoms with Gasteiger partial charge in [-0.1, -0.05) is 0 Å². The fourth-order valence-electron chi connectivity index (χ4n) is 5.35. The number of anilines is 2. The molecule has 5 rings (SSSR count). The molecular formula is C27H28F4N8O2. The average molecular weight is 573 g/mol. The van der Waals surface area contributed by atoms with Crippen LogP contribution in [0.5, 0.6) is 0 Å². The Labute approximate surface area is 232 Å². The first kappa shape index (κ1) is 28.1. The van der Waals surface area contributed by atoms with Crippen LogP contribution in [-0.2, 0) is 9.59 Å². The fourth-order valence-corrected chi connectivity index (χ4v) is 5.35. The Morgan fingerprint density at radius 3 is 2.51 bits per heavy atom. The number of amides is 2. The number of alkyl halides is 3. The van der Waals surface area contributed by atoms with Gasteiger partial charge in [0.15, 0.2) is 5.82 Å². The van der Waals surface area contributed by atoms with E-state index in [0.29, 0.717) is 16.8 Å². The zero-order valence-corrected chi connectivity index (χ0v) is 22.9. The Balaban J connectivity index is 1.67. The number of carbonyl (C=O) groups excluding carboxylic acids is 2. The number of hydrogen-bond acceptors (Lipinski definition) is 6. The molecule has 216 valence electrons. The van der Waals surface area contributed by atoms with E-state index >= 15 is 4.39 Å². The van der Waals surface area contributed by atoms with E-state index in [4.69, 9.17) is 5.73 Å². The van der Waals surface area contributed by atoms with Gasteiger partial charge in [0.25, 0.3) is 5.91 Å². The number of aromatic nitrogens is 5. The lowest BCUT2D eigenvalue weighted by molar-refractivity contribution is -0.165. The van der Waals surface area contributed by atoms with Crippen LogP contribution in [0.2, 0.25) is 0 Å². The van der Waals surface area contributed by atoms with Gasteiger partial charge in [0, 0.05) is 30.8 Å². The minimum atomic E-state index is -4.56. The fraction of sp³-hybridized carbons (Fsp3) is 0.370. The highest BCUT2D eigenvalue weighted by Gasteiger charge is 2.47. The Bertz CT molecular complexity index is 1680. The number of hydrogen-bond donors (Lipinski definition) is 1. The van der Waals surface area contributed by atoms with Gasteiger partial charge < -0.3 is 15.5 Å². The molecule has 2 unspecified atom stereocenters. The van der Waals surface area contributed by atoms with Gasteiger partial charge in [-0.3, -0.25) is 14.3 Å². The van der Waals surface area contributed by atoms with E-state index in [1.807, 2.05) is 0 Å². The molecule has 2 N–H and O–H groups in total. The van der Waals surface area contributed by atoms with E-state index in [0.717, 1.165) is 11.6 Å². The summed E-state index contributed by atoms with van der Waals surface area (Å²) in [4.78, 5) is 32.6. The van der Waals surface area contributed by atoms with Crippen LogP contribution in [0.25, 0.3) is 28.0 Å². The zero-order valence-electron chi connectivity index (χ0n) is 22.9. The first-order valence-electron chi connectivity index (χ1n) is 12.8. The molecule has 2 amide bonds. The molecule has 41 heavy (non-hydrogen) atoms. The maximum Gasteiger partial charge on any atom is 0.410 e. The third-order valence-corrected chi connectivity index (χ3v) is 7.56. The van der Waals surface area contributed by atoms with Gasteiger partial charge in [-0.2, -0.15) is 23.4 Å². The van der Waals surface area contributed by atoms with Crippen LogP contribution < -0.4 is 10.6 Å². The molecule has 3 aromatic heterocycles.